The standard InChI is InChI=1S/C19H13Cl3N4O4S/c20-13-7-12(8-14(21)9-13)11-23-24-18-6-5-15(26(27)28)10-19(18)31(29,30)25-17-4-2-1-3-16(17)22/h1-10,25H,11H2. The van der Waals surface area contributed by atoms with E-state index in [-0.39, 0.29) is 22.9 Å². The van der Waals surface area contributed by atoms with E-state index < -0.39 is 25.5 Å². The minimum Gasteiger partial charge on any atom is -0.278 e. The van der Waals surface area contributed by atoms with Crippen LogP contribution in [0.5, 0.6) is 0 Å². The molecule has 12 heteroatoms. The molecule has 0 saturated heterocycles. The monoisotopic (exact) mass is 498 g/mol. The molecule has 0 bridgehead atoms. The fourth-order valence-corrected chi connectivity index (χ4v) is 4.60. The Kier molecular flexibility index (Phi) is 7.11. The van der Waals surface area contributed by atoms with E-state index in [1.807, 2.05) is 0 Å². The fourth-order valence-electron chi connectivity index (χ4n) is 2.55. The van der Waals surface area contributed by atoms with Crippen LogP contribution in [0.1, 0.15) is 5.56 Å². The van der Waals surface area contributed by atoms with Crippen LogP contribution in [0.25, 0.3) is 0 Å². The lowest BCUT2D eigenvalue weighted by Crippen LogP contribution is -2.13. The van der Waals surface area contributed by atoms with Crippen molar-refractivity contribution in [2.24, 2.45) is 10.2 Å². The topological polar surface area (TPSA) is 114 Å². The largest absolute Gasteiger partial charge is 0.278 e. The van der Waals surface area contributed by atoms with Gasteiger partial charge in [0.2, 0.25) is 0 Å². The Morgan fingerprint density at radius 1 is 0.968 bits per heavy atom. The second kappa shape index (κ2) is 9.61. The Morgan fingerprint density at radius 3 is 2.29 bits per heavy atom. The molecule has 0 amide bonds. The number of hydrogen-bond donors (Lipinski definition) is 1. The van der Waals surface area contributed by atoms with Crippen molar-refractivity contribution in [3.8, 4) is 0 Å². The molecule has 0 heterocycles. The number of anilines is 1. The van der Waals surface area contributed by atoms with Crippen molar-refractivity contribution in [3.05, 3.63) is 91.4 Å². The summed E-state index contributed by atoms with van der Waals surface area (Å²) in [6, 6.07) is 14.3. The molecule has 0 atom stereocenters. The summed E-state index contributed by atoms with van der Waals surface area (Å²) in [5, 5.41) is 20.1. The summed E-state index contributed by atoms with van der Waals surface area (Å²) in [5.41, 5.74) is 0.271. The summed E-state index contributed by atoms with van der Waals surface area (Å²) in [5.74, 6) is 0. The van der Waals surface area contributed by atoms with Gasteiger partial charge in [-0.2, -0.15) is 10.2 Å². The third-order valence-electron chi connectivity index (χ3n) is 3.92. The van der Waals surface area contributed by atoms with E-state index >= 15 is 0 Å². The number of nitro benzene ring substituents is 1. The number of benzene rings is 3. The first-order valence-corrected chi connectivity index (χ1v) is 11.2. The van der Waals surface area contributed by atoms with E-state index in [2.05, 4.69) is 15.0 Å². The van der Waals surface area contributed by atoms with Gasteiger partial charge in [0.05, 0.1) is 22.2 Å². The Bertz CT molecular complexity index is 1260. The molecular formula is C19H13Cl3N4O4S. The molecule has 1 N–H and O–H groups in total. The summed E-state index contributed by atoms with van der Waals surface area (Å²) in [6.07, 6.45) is 0. The number of nitrogens with zero attached hydrogens (tertiary/aromatic N) is 3. The predicted molar refractivity (Wildman–Crippen MR) is 120 cm³/mol. The molecule has 0 aliphatic heterocycles. The molecule has 0 unspecified atom stereocenters. The van der Waals surface area contributed by atoms with Gasteiger partial charge < -0.3 is 0 Å². The average Bonchev–Trinajstić information content (AvgIpc) is 2.69. The minimum atomic E-state index is -4.27. The van der Waals surface area contributed by atoms with Crippen LogP contribution in [0.2, 0.25) is 15.1 Å². The number of nitro groups is 1. The Balaban J connectivity index is 1.97. The first-order valence-electron chi connectivity index (χ1n) is 8.54. The minimum absolute atomic E-state index is 0.0642. The van der Waals surface area contributed by atoms with Crippen LogP contribution >= 0.6 is 34.8 Å². The summed E-state index contributed by atoms with van der Waals surface area (Å²) in [6.45, 7) is 0.0642. The van der Waals surface area contributed by atoms with Crippen LogP contribution in [-0.4, -0.2) is 13.3 Å². The highest BCUT2D eigenvalue weighted by Crippen LogP contribution is 2.32. The molecule has 3 rings (SSSR count). The number of halogens is 3. The summed E-state index contributed by atoms with van der Waals surface area (Å²) in [4.78, 5) is 10.0. The van der Waals surface area contributed by atoms with E-state index in [0.717, 1.165) is 12.1 Å². The molecule has 31 heavy (non-hydrogen) atoms. The molecule has 3 aromatic rings. The lowest BCUT2D eigenvalue weighted by Gasteiger charge is -2.11. The SMILES string of the molecule is O=[N+]([O-])c1ccc(N=NCc2cc(Cl)cc(Cl)c2)c(S(=O)(=O)Nc2ccccc2Cl)c1. The molecule has 3 aromatic carbocycles. The highest BCUT2D eigenvalue weighted by Gasteiger charge is 2.23. The van der Waals surface area contributed by atoms with Crippen LogP contribution in [0, 0.1) is 10.1 Å². The van der Waals surface area contributed by atoms with Crippen LogP contribution in [0.3, 0.4) is 0 Å². The van der Waals surface area contributed by atoms with E-state index in [9.17, 15) is 18.5 Å². The van der Waals surface area contributed by atoms with Gasteiger partial charge in [0.25, 0.3) is 15.7 Å². The highest BCUT2D eigenvalue weighted by atomic mass is 35.5. The molecule has 0 aromatic heterocycles. The smallest absolute Gasteiger partial charge is 0.270 e. The normalized spacial score (nSPS) is 11.6. The second-order valence-electron chi connectivity index (χ2n) is 6.17. The number of azo groups is 1. The van der Waals surface area contributed by atoms with Crippen LogP contribution in [-0.2, 0) is 16.6 Å². The summed E-state index contributed by atoms with van der Waals surface area (Å²) < 4.78 is 28.2. The molecule has 0 aliphatic carbocycles. The molecule has 0 spiro atoms. The van der Waals surface area contributed by atoms with Gasteiger partial charge in [-0.15, -0.1) is 0 Å². The summed E-state index contributed by atoms with van der Waals surface area (Å²) >= 11 is 17.9. The molecule has 8 nitrogen and oxygen atoms in total. The number of hydrogen-bond acceptors (Lipinski definition) is 6. The van der Waals surface area contributed by atoms with Crippen molar-refractivity contribution in [2.45, 2.75) is 11.4 Å². The van der Waals surface area contributed by atoms with Crippen molar-refractivity contribution in [1.82, 2.24) is 0 Å². The molecule has 160 valence electrons. The van der Waals surface area contributed by atoms with Crippen molar-refractivity contribution in [1.29, 1.82) is 0 Å². The third kappa shape index (κ3) is 5.92. The second-order valence-corrected chi connectivity index (χ2v) is 9.10. The zero-order valence-electron chi connectivity index (χ0n) is 15.5. The quantitative estimate of drug-likeness (QED) is 0.223. The van der Waals surface area contributed by atoms with Gasteiger partial charge in [0, 0.05) is 22.2 Å². The Labute approximate surface area is 192 Å². The van der Waals surface area contributed by atoms with Gasteiger partial charge in [0.15, 0.2) is 0 Å². The van der Waals surface area contributed by atoms with E-state index in [4.69, 9.17) is 34.8 Å². The fraction of sp³-hybridized carbons (Fsp3) is 0.0526. The molecule has 0 saturated carbocycles. The zero-order chi connectivity index (χ0) is 22.6. The van der Waals surface area contributed by atoms with Gasteiger partial charge in [-0.05, 0) is 42.0 Å². The summed E-state index contributed by atoms with van der Waals surface area (Å²) in [7, 11) is -4.27. The Morgan fingerprint density at radius 2 is 1.65 bits per heavy atom. The van der Waals surface area contributed by atoms with E-state index in [1.54, 1.807) is 30.3 Å². The van der Waals surface area contributed by atoms with Gasteiger partial charge >= 0.3 is 0 Å². The first-order chi connectivity index (χ1) is 14.7. The zero-order valence-corrected chi connectivity index (χ0v) is 18.6. The van der Waals surface area contributed by atoms with Crippen molar-refractivity contribution >= 4 is 61.9 Å². The van der Waals surface area contributed by atoms with E-state index in [1.165, 1.54) is 18.2 Å². The van der Waals surface area contributed by atoms with Crippen LogP contribution < -0.4 is 4.72 Å². The predicted octanol–water partition coefficient (Wildman–Crippen LogP) is 6.64. The van der Waals surface area contributed by atoms with Crippen molar-refractivity contribution in [2.75, 3.05) is 4.72 Å². The third-order valence-corrected chi connectivity index (χ3v) is 6.08. The van der Waals surface area contributed by atoms with Crippen molar-refractivity contribution in [3.63, 3.8) is 0 Å². The number of rotatable bonds is 7. The molecule has 0 fully saturated rings. The van der Waals surface area contributed by atoms with Crippen LogP contribution in [0.15, 0.2) is 75.8 Å². The van der Waals surface area contributed by atoms with Crippen LogP contribution in [0.4, 0.5) is 17.1 Å². The highest BCUT2D eigenvalue weighted by molar-refractivity contribution is 7.92. The molecule has 0 aliphatic rings. The molecule has 0 radical (unpaired) electrons. The number of sulfonamides is 1. The van der Waals surface area contributed by atoms with Gasteiger partial charge in [-0.25, -0.2) is 8.42 Å². The van der Waals surface area contributed by atoms with Gasteiger partial charge in [0.1, 0.15) is 10.6 Å². The first kappa shape index (κ1) is 23.0. The van der Waals surface area contributed by atoms with Gasteiger partial charge in [-0.1, -0.05) is 46.9 Å². The Hall–Kier alpha value is -2.72. The maximum atomic E-state index is 12.9. The lowest BCUT2D eigenvalue weighted by molar-refractivity contribution is -0.385. The maximum absolute atomic E-state index is 12.9. The van der Waals surface area contributed by atoms with Crippen molar-refractivity contribution < 1.29 is 13.3 Å². The number of nitrogens with one attached hydrogen (secondary N) is 1. The number of non-ortho nitro benzene ring substituents is 1. The van der Waals surface area contributed by atoms with Gasteiger partial charge in [-0.3, -0.25) is 14.8 Å². The van der Waals surface area contributed by atoms with E-state index in [0.29, 0.717) is 15.6 Å². The number of para-hydroxylation sites is 1. The average molecular weight is 500 g/mol. The maximum Gasteiger partial charge on any atom is 0.270 e. The lowest BCUT2D eigenvalue weighted by atomic mass is 10.2. The molecular weight excluding hydrogens is 487 g/mol.